The van der Waals surface area contributed by atoms with Crippen molar-refractivity contribution < 1.29 is 12.8 Å². The SMILES string of the molecule is Cc1ccccc1S(=O)(=O)N1CCc2[nH]c3ccc(F)cc3c(=O)c2C1. The largest absolute Gasteiger partial charge is 0.358 e. The van der Waals surface area contributed by atoms with E-state index in [1.54, 1.807) is 31.2 Å². The van der Waals surface area contributed by atoms with Gasteiger partial charge < -0.3 is 4.98 Å². The fourth-order valence-electron chi connectivity index (χ4n) is 3.41. The molecule has 26 heavy (non-hydrogen) atoms. The summed E-state index contributed by atoms with van der Waals surface area (Å²) in [6, 6.07) is 10.8. The average Bonchev–Trinajstić information content (AvgIpc) is 2.62. The molecule has 5 nitrogen and oxygen atoms in total. The maximum absolute atomic E-state index is 13.5. The molecule has 0 amide bonds. The van der Waals surface area contributed by atoms with Crippen LogP contribution >= 0.6 is 0 Å². The Kier molecular flexibility index (Phi) is 3.93. The normalized spacial score (nSPS) is 15.2. The van der Waals surface area contributed by atoms with Gasteiger partial charge in [-0.05, 0) is 36.8 Å². The molecule has 0 aliphatic carbocycles. The third-order valence-electron chi connectivity index (χ3n) is 4.81. The molecule has 134 valence electrons. The first-order chi connectivity index (χ1) is 12.4. The van der Waals surface area contributed by atoms with Gasteiger partial charge in [-0.3, -0.25) is 4.79 Å². The van der Waals surface area contributed by atoms with Crippen LogP contribution in [0.15, 0.2) is 52.2 Å². The maximum Gasteiger partial charge on any atom is 0.243 e. The van der Waals surface area contributed by atoms with Crippen molar-refractivity contribution in [3.05, 3.63) is 75.3 Å². The third kappa shape index (κ3) is 2.64. The lowest BCUT2D eigenvalue weighted by molar-refractivity contribution is 0.387. The monoisotopic (exact) mass is 372 g/mol. The van der Waals surface area contributed by atoms with E-state index in [0.717, 1.165) is 0 Å². The van der Waals surface area contributed by atoms with Crippen molar-refractivity contribution in [3.63, 3.8) is 0 Å². The molecule has 0 atom stereocenters. The first-order valence-corrected chi connectivity index (χ1v) is 9.71. The molecule has 0 unspecified atom stereocenters. The van der Waals surface area contributed by atoms with Crippen LogP contribution in [0, 0.1) is 12.7 Å². The van der Waals surface area contributed by atoms with E-state index >= 15 is 0 Å². The van der Waals surface area contributed by atoms with E-state index in [4.69, 9.17) is 0 Å². The van der Waals surface area contributed by atoms with Gasteiger partial charge in [-0.25, -0.2) is 12.8 Å². The molecule has 2 heterocycles. The van der Waals surface area contributed by atoms with Gasteiger partial charge in [0.05, 0.1) is 4.90 Å². The fourth-order valence-corrected chi connectivity index (χ4v) is 5.05. The number of hydrogen-bond acceptors (Lipinski definition) is 3. The Labute approximate surface area is 150 Å². The molecule has 7 heteroatoms. The number of H-pyrrole nitrogens is 1. The number of fused-ring (bicyclic) bond motifs is 2. The fraction of sp³-hybridized carbons (Fsp3) is 0.211. The summed E-state index contributed by atoms with van der Waals surface area (Å²) < 4.78 is 40.8. The Morgan fingerprint density at radius 1 is 1.15 bits per heavy atom. The lowest BCUT2D eigenvalue weighted by Crippen LogP contribution is -2.39. The minimum atomic E-state index is -3.71. The lowest BCUT2D eigenvalue weighted by Gasteiger charge is -2.28. The van der Waals surface area contributed by atoms with Crippen molar-refractivity contribution in [2.75, 3.05) is 6.54 Å². The number of pyridine rings is 1. The number of benzene rings is 2. The number of nitrogens with zero attached hydrogens (tertiary/aromatic N) is 1. The standard InChI is InChI=1S/C19H17FN2O3S/c1-12-4-2-3-5-18(12)26(24,25)22-9-8-17-15(11-22)19(23)14-10-13(20)6-7-16(14)21-17/h2-7,10H,8-9,11H2,1H3,(H,21,23). The maximum atomic E-state index is 13.5. The van der Waals surface area contributed by atoms with E-state index < -0.39 is 15.8 Å². The van der Waals surface area contributed by atoms with E-state index in [0.29, 0.717) is 28.8 Å². The van der Waals surface area contributed by atoms with E-state index in [1.807, 2.05) is 0 Å². The Morgan fingerprint density at radius 2 is 1.92 bits per heavy atom. The second-order valence-corrected chi connectivity index (χ2v) is 8.36. The van der Waals surface area contributed by atoms with Gasteiger partial charge in [-0.15, -0.1) is 0 Å². The number of aromatic amines is 1. The lowest BCUT2D eigenvalue weighted by atomic mass is 10.0. The van der Waals surface area contributed by atoms with Crippen LogP contribution in [0.1, 0.15) is 16.8 Å². The number of hydrogen-bond donors (Lipinski definition) is 1. The molecule has 3 aromatic rings. The predicted octanol–water partition coefficient (Wildman–Crippen LogP) is 2.72. The van der Waals surface area contributed by atoms with E-state index in [2.05, 4.69) is 4.98 Å². The van der Waals surface area contributed by atoms with Crippen LogP contribution in [0.2, 0.25) is 0 Å². The highest BCUT2D eigenvalue weighted by Gasteiger charge is 2.31. The van der Waals surface area contributed by atoms with E-state index in [-0.39, 0.29) is 28.8 Å². The van der Waals surface area contributed by atoms with Crippen LogP contribution in [0.25, 0.3) is 10.9 Å². The molecule has 0 radical (unpaired) electrons. The van der Waals surface area contributed by atoms with Crippen molar-refractivity contribution in [1.82, 2.24) is 9.29 Å². The number of sulfonamides is 1. The molecule has 0 saturated heterocycles. The van der Waals surface area contributed by atoms with Gasteiger partial charge in [0.2, 0.25) is 10.0 Å². The topological polar surface area (TPSA) is 70.2 Å². The summed E-state index contributed by atoms with van der Waals surface area (Å²) in [4.78, 5) is 16.2. The summed E-state index contributed by atoms with van der Waals surface area (Å²) in [5, 5.41) is 0.235. The molecular formula is C19H17FN2O3S. The number of rotatable bonds is 2. The van der Waals surface area contributed by atoms with Crippen molar-refractivity contribution in [2.24, 2.45) is 0 Å². The zero-order chi connectivity index (χ0) is 18.5. The first-order valence-electron chi connectivity index (χ1n) is 8.27. The molecule has 0 bridgehead atoms. The molecule has 1 aliphatic rings. The minimum Gasteiger partial charge on any atom is -0.358 e. The van der Waals surface area contributed by atoms with Gasteiger partial charge >= 0.3 is 0 Å². The summed E-state index contributed by atoms with van der Waals surface area (Å²) in [6.45, 7) is 2.01. The quantitative estimate of drug-likeness (QED) is 0.752. The summed E-state index contributed by atoms with van der Waals surface area (Å²) in [5.41, 5.74) is 1.99. The van der Waals surface area contributed by atoms with Gasteiger partial charge in [-0.1, -0.05) is 18.2 Å². The minimum absolute atomic E-state index is 0.0201. The highest BCUT2D eigenvalue weighted by Crippen LogP contribution is 2.25. The zero-order valence-corrected chi connectivity index (χ0v) is 14.9. The molecule has 0 saturated carbocycles. The van der Waals surface area contributed by atoms with Crippen LogP contribution in [0.5, 0.6) is 0 Å². The van der Waals surface area contributed by atoms with Crippen LogP contribution < -0.4 is 5.43 Å². The second-order valence-electron chi connectivity index (χ2n) is 6.46. The van der Waals surface area contributed by atoms with Crippen LogP contribution in [0.4, 0.5) is 4.39 Å². The second kappa shape index (κ2) is 6.03. The van der Waals surface area contributed by atoms with Gasteiger partial charge in [0.25, 0.3) is 0 Å². The molecule has 4 rings (SSSR count). The smallest absolute Gasteiger partial charge is 0.243 e. The number of nitrogens with one attached hydrogen (secondary N) is 1. The van der Waals surface area contributed by atoms with Crippen molar-refractivity contribution >= 4 is 20.9 Å². The molecule has 1 aliphatic heterocycles. The van der Waals surface area contributed by atoms with Gasteiger partial charge in [0, 0.05) is 41.7 Å². The molecule has 0 fully saturated rings. The summed E-state index contributed by atoms with van der Waals surface area (Å²) in [6.07, 6.45) is 0.406. The highest BCUT2D eigenvalue weighted by molar-refractivity contribution is 7.89. The third-order valence-corrected chi connectivity index (χ3v) is 6.81. The Hall–Kier alpha value is -2.51. The molecule has 0 spiro atoms. The highest BCUT2D eigenvalue weighted by atomic mass is 32.2. The summed E-state index contributed by atoms with van der Waals surface area (Å²) in [7, 11) is -3.71. The summed E-state index contributed by atoms with van der Waals surface area (Å²) >= 11 is 0. The zero-order valence-electron chi connectivity index (χ0n) is 14.1. The Morgan fingerprint density at radius 3 is 2.69 bits per heavy atom. The molecular weight excluding hydrogens is 355 g/mol. The van der Waals surface area contributed by atoms with Crippen LogP contribution in [-0.4, -0.2) is 24.3 Å². The van der Waals surface area contributed by atoms with Gasteiger partial charge in [0.15, 0.2) is 5.43 Å². The average molecular weight is 372 g/mol. The van der Waals surface area contributed by atoms with Gasteiger partial charge in [-0.2, -0.15) is 4.31 Å². The first kappa shape index (κ1) is 16.9. The van der Waals surface area contributed by atoms with Crippen molar-refractivity contribution in [1.29, 1.82) is 0 Å². The Bertz CT molecular complexity index is 1190. The van der Waals surface area contributed by atoms with Crippen molar-refractivity contribution in [2.45, 2.75) is 24.8 Å². The van der Waals surface area contributed by atoms with Crippen LogP contribution in [0.3, 0.4) is 0 Å². The summed E-state index contributed by atoms with van der Waals surface area (Å²) in [5.74, 6) is -0.497. The number of aromatic nitrogens is 1. The predicted molar refractivity (Wildman–Crippen MR) is 97.0 cm³/mol. The number of aryl methyl sites for hydroxylation is 1. The molecule has 1 aromatic heterocycles. The Balaban J connectivity index is 1.81. The van der Waals surface area contributed by atoms with Crippen molar-refractivity contribution in [3.8, 4) is 0 Å². The molecule has 2 aromatic carbocycles. The molecule has 1 N–H and O–H groups in total. The number of halogens is 1. The van der Waals surface area contributed by atoms with E-state index in [1.165, 1.54) is 22.5 Å². The van der Waals surface area contributed by atoms with Gasteiger partial charge in [0.1, 0.15) is 5.82 Å². The van der Waals surface area contributed by atoms with Crippen LogP contribution in [-0.2, 0) is 23.0 Å². The van der Waals surface area contributed by atoms with E-state index in [9.17, 15) is 17.6 Å².